The van der Waals surface area contributed by atoms with Gasteiger partial charge in [0.2, 0.25) is 0 Å². The lowest BCUT2D eigenvalue weighted by molar-refractivity contribution is -0.228. The minimum absolute atomic E-state index is 0.0119. The van der Waals surface area contributed by atoms with Crippen molar-refractivity contribution in [1.82, 2.24) is 0 Å². The average Bonchev–Trinajstić information content (AvgIpc) is 0.742. The van der Waals surface area contributed by atoms with Crippen LogP contribution in [0.5, 0.6) is 0 Å². The lowest BCUT2D eigenvalue weighted by Gasteiger charge is -2.39. The van der Waals surface area contributed by atoms with E-state index in [1.165, 1.54) is 202 Å². The Balaban J connectivity index is 0.000000158. The summed E-state index contributed by atoms with van der Waals surface area (Å²) in [5.41, 5.74) is 24.6. The Morgan fingerprint density at radius 3 is 0.973 bits per heavy atom. The first-order valence-corrected chi connectivity index (χ1v) is 43.1. The second-order valence-electron chi connectivity index (χ2n) is 41.9. The molecule has 0 nitrogen and oxygen atoms in total. The van der Waals surface area contributed by atoms with Gasteiger partial charge in [0.05, 0.1) is 5.41 Å². The van der Waals surface area contributed by atoms with Crippen LogP contribution in [0.2, 0.25) is 0 Å². The Kier molecular flexibility index (Phi) is 27.8. The molecule has 3 fully saturated rings. The molecule has 14 rings (SSSR count). The average molecular weight is 1520 g/mol. The van der Waals surface area contributed by atoms with E-state index in [1.807, 2.05) is 12.1 Å². The number of halogens is 3. The molecule has 0 atom stereocenters. The number of rotatable bonds is 3. The highest BCUT2D eigenvalue weighted by atomic mass is 19.4. The lowest BCUT2D eigenvalue weighted by Crippen LogP contribution is -2.38. The molecule has 0 unspecified atom stereocenters. The van der Waals surface area contributed by atoms with Crippen molar-refractivity contribution in [2.75, 3.05) is 0 Å². The third-order valence-electron chi connectivity index (χ3n) is 25.9. The van der Waals surface area contributed by atoms with Gasteiger partial charge in [-0.25, -0.2) is 0 Å². The number of fused-ring (bicyclic) bond motifs is 5. The number of hydrogen-bond donors (Lipinski definition) is 0. The van der Waals surface area contributed by atoms with E-state index in [2.05, 4.69) is 358 Å². The molecule has 0 heterocycles. The zero-order valence-electron chi connectivity index (χ0n) is 75.8. The van der Waals surface area contributed by atoms with E-state index < -0.39 is 11.6 Å². The molecule has 0 aliphatic heterocycles. The molecular formula is C110H145F3. The highest BCUT2D eigenvalue weighted by Crippen LogP contribution is 2.54. The van der Waals surface area contributed by atoms with Gasteiger partial charge in [0, 0.05) is 0 Å². The maximum absolute atomic E-state index is 13.4. The van der Waals surface area contributed by atoms with Crippen LogP contribution < -0.4 is 0 Å². The van der Waals surface area contributed by atoms with Crippen LogP contribution >= 0.6 is 0 Å². The highest BCUT2D eigenvalue weighted by molar-refractivity contribution is 5.93. The molecule has 606 valence electrons. The Morgan fingerprint density at radius 2 is 0.602 bits per heavy atom. The monoisotopic (exact) mass is 1520 g/mol. The van der Waals surface area contributed by atoms with Crippen LogP contribution in [0.15, 0.2) is 176 Å². The summed E-state index contributed by atoms with van der Waals surface area (Å²) in [4.78, 5) is 0. The van der Waals surface area contributed by atoms with Crippen LogP contribution in [0.25, 0.3) is 53.9 Å². The van der Waals surface area contributed by atoms with E-state index >= 15 is 0 Å². The minimum atomic E-state index is -4.11. The predicted molar refractivity (Wildman–Crippen MR) is 492 cm³/mol. The number of alkyl halides is 3. The van der Waals surface area contributed by atoms with Gasteiger partial charge in [0.15, 0.2) is 0 Å². The molecule has 3 saturated carbocycles. The van der Waals surface area contributed by atoms with Gasteiger partial charge >= 0.3 is 6.18 Å². The summed E-state index contributed by atoms with van der Waals surface area (Å²) < 4.78 is 40.1. The fourth-order valence-corrected chi connectivity index (χ4v) is 19.3. The third-order valence-corrected chi connectivity index (χ3v) is 25.9. The van der Waals surface area contributed by atoms with Crippen molar-refractivity contribution in [2.45, 2.75) is 341 Å². The van der Waals surface area contributed by atoms with Crippen molar-refractivity contribution in [1.29, 1.82) is 0 Å². The smallest absolute Gasteiger partial charge is 0.171 e. The van der Waals surface area contributed by atoms with Crippen LogP contribution in [0.4, 0.5) is 13.2 Å². The molecule has 0 N–H and O–H groups in total. The van der Waals surface area contributed by atoms with Gasteiger partial charge in [-0.15, -0.1) is 0 Å². The van der Waals surface area contributed by atoms with E-state index in [0.717, 1.165) is 11.8 Å². The van der Waals surface area contributed by atoms with Gasteiger partial charge < -0.3 is 0 Å². The first kappa shape index (κ1) is 89.4. The first-order chi connectivity index (χ1) is 52.4. The molecule has 0 saturated heterocycles. The summed E-state index contributed by atoms with van der Waals surface area (Å²) >= 11 is 0. The van der Waals surface area contributed by atoms with Crippen LogP contribution in [0, 0.1) is 66.2 Å². The number of hydrogen-bond acceptors (Lipinski definition) is 0. The molecule has 11 aromatic rings. The molecule has 0 aromatic heterocycles. The quantitative estimate of drug-likeness (QED) is 0.165. The molecular weight excluding hydrogens is 1380 g/mol. The fraction of sp³-hybridized carbons (Fsp3) is 0.491. The zero-order chi connectivity index (χ0) is 83.5. The topological polar surface area (TPSA) is 0 Å². The summed E-state index contributed by atoms with van der Waals surface area (Å²) in [5.74, 6) is 1.71. The van der Waals surface area contributed by atoms with Crippen LogP contribution in [0.3, 0.4) is 0 Å². The summed E-state index contributed by atoms with van der Waals surface area (Å²) in [7, 11) is 0. The van der Waals surface area contributed by atoms with Crippen LogP contribution in [0.1, 0.15) is 341 Å². The Morgan fingerprint density at radius 1 is 0.274 bits per heavy atom. The van der Waals surface area contributed by atoms with Crippen LogP contribution in [-0.2, 0) is 32.5 Å². The molecule has 0 spiro atoms. The fourth-order valence-electron chi connectivity index (χ4n) is 19.3. The van der Waals surface area contributed by atoms with Gasteiger partial charge in [-0.2, -0.15) is 13.2 Å². The SMILES string of the molecule is Cc1c(C(C)(C)C)cc(C2CCC(C)(C(F)(F)F)CC2)c2ccccc12.Cc1c(C(C)(C)C)cc(C2CCC(C)(C)CC2)c2ccccc12.Cc1c(C(C)(C)C)cc(C2CCCCC2)c2ccccc12.Cc1cc(C)c(C)c(C(C)(C)C)c1.Cc1cc2ccccc2cc1C(C)(C)C.Cc1ccc2ccccc2c1C(C)(C)C. The third kappa shape index (κ3) is 21.6. The molecule has 0 radical (unpaired) electrons. The molecule has 0 amide bonds. The molecule has 113 heavy (non-hydrogen) atoms. The second-order valence-corrected chi connectivity index (χ2v) is 41.9. The maximum Gasteiger partial charge on any atom is 0.394 e. The standard InChI is InChI=1S/C23H29F3.C23H32.C21H28.2C15H18.C13H20/c1-15-17-8-6-7-9-18(17)19(14-20(15)21(2,3)4)16-10-12-22(5,13-11-16)23(24,25)26;1-16-18-9-7-8-10-19(18)20(15-21(16)22(2,3)4)17-11-13-23(5,6)14-12-17;1-15-17-12-8-9-13-18(17)19(14-20(15)21(2,3)4)16-10-6-5-7-11-16;1-11-9-12-7-5-6-8-13(12)10-14(11)15(2,3)4;1-11-9-10-12-7-5-6-8-13(12)14(11)15(2,3)4;1-9-7-10(2)11(3)12(8-9)13(4,5)6/h6-9,14,16H,10-13H2,1-5H3;7-10,15,17H,11-14H2,1-6H3;8-9,12-14,16H,5-7,10-11H2,1-4H3;2*5-10H,1-4H3;7-8H,1-6H3. The van der Waals surface area contributed by atoms with Crippen molar-refractivity contribution in [2.24, 2.45) is 10.8 Å². The van der Waals surface area contributed by atoms with E-state index in [-0.39, 0.29) is 51.2 Å². The van der Waals surface area contributed by atoms with E-state index in [1.54, 1.807) is 11.1 Å². The Bertz CT molecular complexity index is 5060. The highest BCUT2D eigenvalue weighted by Gasteiger charge is 2.52. The van der Waals surface area contributed by atoms with E-state index in [0.29, 0.717) is 18.3 Å². The van der Waals surface area contributed by atoms with Crippen LogP contribution in [-0.4, -0.2) is 6.18 Å². The summed E-state index contributed by atoms with van der Waals surface area (Å²) in [6, 6.07) is 64.6. The summed E-state index contributed by atoms with van der Waals surface area (Å²) in [6.07, 6.45) is 9.88. The largest absolute Gasteiger partial charge is 0.394 e. The summed E-state index contributed by atoms with van der Waals surface area (Å²) in [6.45, 7) is 65.1. The maximum atomic E-state index is 13.4. The molecule has 0 bridgehead atoms. The van der Waals surface area contributed by atoms with Crippen molar-refractivity contribution in [3.8, 4) is 0 Å². The Labute approximate surface area is 684 Å². The molecule has 3 heteroatoms. The minimum Gasteiger partial charge on any atom is -0.171 e. The van der Waals surface area contributed by atoms with Gasteiger partial charge in [0.25, 0.3) is 0 Å². The van der Waals surface area contributed by atoms with E-state index in [9.17, 15) is 13.2 Å². The van der Waals surface area contributed by atoms with Gasteiger partial charge in [-0.3, -0.25) is 0 Å². The molecule has 11 aromatic carbocycles. The van der Waals surface area contributed by atoms with E-state index in [4.69, 9.17) is 0 Å². The normalized spacial score (nSPS) is 17.4. The van der Waals surface area contributed by atoms with Crippen molar-refractivity contribution >= 4 is 53.9 Å². The lowest BCUT2D eigenvalue weighted by atomic mass is 9.68. The number of benzene rings is 11. The van der Waals surface area contributed by atoms with Gasteiger partial charge in [-0.1, -0.05) is 346 Å². The van der Waals surface area contributed by atoms with Gasteiger partial charge in [-0.05, 0) is 318 Å². The van der Waals surface area contributed by atoms with Crippen molar-refractivity contribution in [3.63, 3.8) is 0 Å². The summed E-state index contributed by atoms with van der Waals surface area (Å²) in [5, 5.41) is 13.8. The molecule has 3 aliphatic carbocycles. The first-order valence-electron chi connectivity index (χ1n) is 43.1. The van der Waals surface area contributed by atoms with Crippen molar-refractivity contribution < 1.29 is 13.2 Å². The Hall–Kier alpha value is -7.49. The number of aryl methyl sites for hydroxylation is 7. The van der Waals surface area contributed by atoms with Gasteiger partial charge in [0.1, 0.15) is 0 Å². The molecule has 3 aliphatic rings. The predicted octanol–water partition coefficient (Wildman–Crippen LogP) is 34.1. The second kappa shape index (κ2) is 35.1. The zero-order valence-corrected chi connectivity index (χ0v) is 75.8. The van der Waals surface area contributed by atoms with Crippen molar-refractivity contribution in [3.05, 3.63) is 271 Å².